The fourth-order valence-electron chi connectivity index (χ4n) is 1.99. The van der Waals surface area contributed by atoms with Gasteiger partial charge in [-0.1, -0.05) is 24.9 Å². The predicted octanol–water partition coefficient (Wildman–Crippen LogP) is 4.17. The number of hydrogen-bond acceptors (Lipinski definition) is 3. The van der Waals surface area contributed by atoms with Gasteiger partial charge in [-0.05, 0) is 18.6 Å². The van der Waals surface area contributed by atoms with Gasteiger partial charge in [0.2, 0.25) is 0 Å². The summed E-state index contributed by atoms with van der Waals surface area (Å²) < 4.78 is 18.5. The molecule has 0 saturated heterocycles. The summed E-state index contributed by atoms with van der Waals surface area (Å²) in [5.41, 5.74) is 1.47. The molecule has 21 heavy (non-hydrogen) atoms. The van der Waals surface area contributed by atoms with Crippen molar-refractivity contribution in [2.45, 2.75) is 32.7 Å². The van der Waals surface area contributed by atoms with Gasteiger partial charge in [-0.3, -0.25) is 0 Å². The van der Waals surface area contributed by atoms with E-state index in [9.17, 15) is 4.39 Å². The molecule has 4 nitrogen and oxygen atoms in total. The van der Waals surface area contributed by atoms with Gasteiger partial charge >= 0.3 is 0 Å². The zero-order chi connectivity index (χ0) is 15.2. The number of anilines is 1. The highest BCUT2D eigenvalue weighted by molar-refractivity contribution is 6.30. The van der Waals surface area contributed by atoms with E-state index in [-0.39, 0.29) is 5.75 Å². The van der Waals surface area contributed by atoms with Crippen molar-refractivity contribution in [1.82, 2.24) is 9.97 Å². The highest BCUT2D eigenvalue weighted by Gasteiger charge is 2.09. The van der Waals surface area contributed by atoms with Gasteiger partial charge in [0.05, 0.1) is 19.3 Å². The Bertz CT molecular complexity index is 601. The minimum Gasteiger partial charge on any atom is -0.494 e. The average molecular weight is 312 g/mol. The fraction of sp³-hybridized carbons (Fsp3) is 0.400. The maximum absolute atomic E-state index is 13.6. The zero-order valence-corrected chi connectivity index (χ0v) is 12.9. The highest BCUT2D eigenvalue weighted by Crippen LogP contribution is 2.22. The topological polar surface area (TPSA) is 49.9 Å². The summed E-state index contributed by atoms with van der Waals surface area (Å²) in [6.07, 6.45) is 3.06. The fourth-order valence-corrected chi connectivity index (χ4v) is 2.20. The predicted molar refractivity (Wildman–Crippen MR) is 82.5 cm³/mol. The van der Waals surface area contributed by atoms with Crippen LogP contribution in [0.3, 0.4) is 0 Å². The number of H-pyrrole nitrogens is 1. The molecule has 0 bridgehead atoms. The molecule has 0 atom stereocenters. The average Bonchev–Trinajstić information content (AvgIpc) is 2.83. The molecule has 0 aliphatic carbocycles. The van der Waals surface area contributed by atoms with Gasteiger partial charge < -0.3 is 15.0 Å². The number of benzene rings is 1. The lowest BCUT2D eigenvalue weighted by Gasteiger charge is -2.07. The van der Waals surface area contributed by atoms with Crippen LogP contribution in [0.1, 0.15) is 31.3 Å². The van der Waals surface area contributed by atoms with Crippen molar-refractivity contribution in [2.24, 2.45) is 0 Å². The molecule has 1 aromatic heterocycles. The smallest absolute Gasteiger partial charge is 0.167 e. The second kappa shape index (κ2) is 7.31. The number of aromatic nitrogens is 2. The molecule has 2 aromatic rings. The van der Waals surface area contributed by atoms with Crippen LogP contribution in [0, 0.1) is 5.82 Å². The largest absolute Gasteiger partial charge is 0.494 e. The van der Waals surface area contributed by atoms with Crippen molar-refractivity contribution in [3.63, 3.8) is 0 Å². The van der Waals surface area contributed by atoms with Crippen LogP contribution in [0.4, 0.5) is 10.1 Å². The molecular formula is C15H19ClFN3O. The molecule has 0 fully saturated rings. The molecule has 1 aromatic carbocycles. The lowest BCUT2D eigenvalue weighted by atomic mass is 10.2. The zero-order valence-electron chi connectivity index (χ0n) is 12.2. The van der Waals surface area contributed by atoms with Gasteiger partial charge in [-0.25, -0.2) is 9.37 Å². The van der Waals surface area contributed by atoms with E-state index in [1.165, 1.54) is 13.2 Å². The minimum atomic E-state index is -0.401. The SMILES string of the molecule is CCCCc1nc(Cl)c(CNc2ccc(OC)c(F)c2)[nH]1. The number of unbranched alkanes of at least 4 members (excludes halogenated alkanes) is 1. The Kier molecular flexibility index (Phi) is 5.44. The lowest BCUT2D eigenvalue weighted by molar-refractivity contribution is 0.386. The number of nitrogens with zero attached hydrogens (tertiary/aromatic N) is 1. The van der Waals surface area contributed by atoms with E-state index in [4.69, 9.17) is 16.3 Å². The number of ether oxygens (including phenoxy) is 1. The number of nitrogens with one attached hydrogen (secondary N) is 2. The van der Waals surface area contributed by atoms with Crippen molar-refractivity contribution in [3.05, 3.63) is 40.7 Å². The number of hydrogen-bond donors (Lipinski definition) is 2. The van der Waals surface area contributed by atoms with Crippen molar-refractivity contribution < 1.29 is 9.13 Å². The van der Waals surface area contributed by atoms with E-state index in [1.54, 1.807) is 12.1 Å². The van der Waals surface area contributed by atoms with Gasteiger partial charge in [-0.2, -0.15) is 0 Å². The number of aryl methyl sites for hydroxylation is 1. The van der Waals surface area contributed by atoms with Crippen LogP contribution >= 0.6 is 11.6 Å². The molecule has 2 N–H and O–H groups in total. The Morgan fingerprint density at radius 3 is 2.90 bits per heavy atom. The standard InChI is InChI=1S/C15H19ClFN3O/c1-3-4-5-14-19-12(15(16)20-14)9-18-10-6-7-13(21-2)11(17)8-10/h6-8,18H,3-5,9H2,1-2H3,(H,19,20). The first kappa shape index (κ1) is 15.6. The summed E-state index contributed by atoms with van der Waals surface area (Å²) in [5, 5.41) is 3.57. The molecule has 114 valence electrons. The van der Waals surface area contributed by atoms with Crippen LogP contribution in [0.5, 0.6) is 5.75 Å². The van der Waals surface area contributed by atoms with E-state index >= 15 is 0 Å². The second-order valence-corrected chi connectivity index (χ2v) is 5.12. The molecular weight excluding hydrogens is 293 g/mol. The highest BCUT2D eigenvalue weighted by atomic mass is 35.5. The van der Waals surface area contributed by atoms with Gasteiger partial charge in [0.15, 0.2) is 16.7 Å². The van der Waals surface area contributed by atoms with Crippen LogP contribution in [0.25, 0.3) is 0 Å². The molecule has 1 heterocycles. The molecule has 0 amide bonds. The number of halogens is 2. The minimum absolute atomic E-state index is 0.224. The lowest BCUT2D eigenvalue weighted by Crippen LogP contribution is -2.01. The third-order valence-electron chi connectivity index (χ3n) is 3.17. The first-order valence-electron chi connectivity index (χ1n) is 6.94. The van der Waals surface area contributed by atoms with Crippen molar-refractivity contribution in [3.8, 4) is 5.75 Å². The Labute approximate surface area is 128 Å². The van der Waals surface area contributed by atoms with Gasteiger partial charge in [0.25, 0.3) is 0 Å². The third-order valence-corrected chi connectivity index (χ3v) is 3.48. The summed E-state index contributed by atoms with van der Waals surface area (Å²) in [7, 11) is 1.44. The number of methoxy groups -OCH3 is 1. The first-order valence-corrected chi connectivity index (χ1v) is 7.32. The normalized spacial score (nSPS) is 10.7. The summed E-state index contributed by atoms with van der Waals surface area (Å²) in [6, 6.07) is 4.73. The molecule has 0 saturated carbocycles. The molecule has 2 rings (SSSR count). The maximum atomic E-state index is 13.6. The summed E-state index contributed by atoms with van der Waals surface area (Å²) in [4.78, 5) is 7.48. The quantitative estimate of drug-likeness (QED) is 0.807. The van der Waals surface area contributed by atoms with E-state index < -0.39 is 5.82 Å². The van der Waals surface area contributed by atoms with Crippen LogP contribution in [0.2, 0.25) is 5.15 Å². The van der Waals surface area contributed by atoms with Crippen molar-refractivity contribution in [1.29, 1.82) is 0 Å². The number of imidazole rings is 1. The third kappa shape index (κ3) is 4.11. The Morgan fingerprint density at radius 2 is 2.24 bits per heavy atom. The van der Waals surface area contributed by atoms with Gasteiger partial charge in [0.1, 0.15) is 5.82 Å². The summed E-state index contributed by atoms with van der Waals surface area (Å²) in [5.74, 6) is 0.711. The van der Waals surface area contributed by atoms with Crippen LogP contribution in [0.15, 0.2) is 18.2 Å². The summed E-state index contributed by atoms with van der Waals surface area (Å²) in [6.45, 7) is 2.59. The first-order chi connectivity index (χ1) is 10.1. The number of rotatable bonds is 7. The van der Waals surface area contributed by atoms with Gasteiger partial charge in [-0.15, -0.1) is 0 Å². The van der Waals surface area contributed by atoms with E-state index in [1.807, 2.05) is 0 Å². The van der Waals surface area contributed by atoms with Gasteiger partial charge in [0, 0.05) is 18.2 Å². The van der Waals surface area contributed by atoms with E-state index in [0.717, 1.165) is 30.8 Å². The molecule has 0 radical (unpaired) electrons. The number of aromatic amines is 1. The Balaban J connectivity index is 1.99. The van der Waals surface area contributed by atoms with Crippen molar-refractivity contribution >= 4 is 17.3 Å². The molecule has 0 spiro atoms. The summed E-state index contributed by atoms with van der Waals surface area (Å²) >= 11 is 6.09. The maximum Gasteiger partial charge on any atom is 0.167 e. The Morgan fingerprint density at radius 1 is 1.43 bits per heavy atom. The Hall–Kier alpha value is -1.75. The van der Waals surface area contributed by atoms with Crippen molar-refractivity contribution in [2.75, 3.05) is 12.4 Å². The van der Waals surface area contributed by atoms with Crippen LogP contribution in [-0.4, -0.2) is 17.1 Å². The molecule has 0 aliphatic rings. The van der Waals surface area contributed by atoms with E-state index in [2.05, 4.69) is 22.2 Å². The van der Waals surface area contributed by atoms with Crippen LogP contribution in [-0.2, 0) is 13.0 Å². The second-order valence-electron chi connectivity index (χ2n) is 4.76. The monoisotopic (exact) mass is 311 g/mol. The molecule has 6 heteroatoms. The molecule has 0 unspecified atom stereocenters. The van der Waals surface area contributed by atoms with E-state index in [0.29, 0.717) is 17.4 Å². The van der Waals surface area contributed by atoms with Crippen LogP contribution < -0.4 is 10.1 Å². The molecule has 0 aliphatic heterocycles.